The first kappa shape index (κ1) is 18.4. The number of aromatic amines is 1. The maximum atomic E-state index is 12.4. The van der Waals surface area contributed by atoms with Crippen molar-refractivity contribution in [3.63, 3.8) is 0 Å². The second kappa shape index (κ2) is 7.07. The molecule has 0 saturated heterocycles. The van der Waals surface area contributed by atoms with Gasteiger partial charge in [0, 0.05) is 12.0 Å². The Hall–Kier alpha value is -1.41. The van der Waals surface area contributed by atoms with Crippen molar-refractivity contribution in [3.8, 4) is 0 Å². The van der Waals surface area contributed by atoms with Gasteiger partial charge in [-0.25, -0.2) is 9.78 Å². The second-order valence-corrected chi connectivity index (χ2v) is 9.79. The van der Waals surface area contributed by atoms with E-state index in [-0.39, 0.29) is 17.5 Å². The van der Waals surface area contributed by atoms with Crippen LogP contribution in [0.25, 0.3) is 10.2 Å². The largest absolute Gasteiger partial charge is 0.444 e. The van der Waals surface area contributed by atoms with Crippen LogP contribution in [0.4, 0.5) is 4.79 Å². The highest BCUT2D eigenvalue weighted by Crippen LogP contribution is 2.33. The number of carbonyl (C=O) groups excluding carboxylic acids is 1. The summed E-state index contributed by atoms with van der Waals surface area (Å²) in [5.41, 5.74) is 0.0253. The highest BCUT2D eigenvalue weighted by molar-refractivity contribution is 9.11. The molecule has 0 spiro atoms. The molecule has 0 unspecified atom stereocenters. The standard InChI is InChI=1S/C17H22BrN3O3S/c1-17(2,3)24-16(23)20-10-7-5-4-6-9(10)14-19-11-8-12(18)25-13(11)15(22)21-14/h8-10H,4-7H2,1-3H3,(H,20,23)(H,19,21,22)/t9-,10+/m0/s1. The molecule has 2 aromatic rings. The zero-order chi connectivity index (χ0) is 18.2. The Kier molecular flexibility index (Phi) is 5.20. The van der Waals surface area contributed by atoms with Crippen LogP contribution in [0.3, 0.4) is 0 Å². The topological polar surface area (TPSA) is 84.1 Å². The molecule has 1 amide bonds. The van der Waals surface area contributed by atoms with Crippen LogP contribution in [0, 0.1) is 0 Å². The molecule has 2 atom stereocenters. The van der Waals surface area contributed by atoms with Gasteiger partial charge in [0.2, 0.25) is 0 Å². The number of halogens is 1. The number of fused-ring (bicyclic) bond motifs is 1. The Morgan fingerprint density at radius 3 is 2.84 bits per heavy atom. The summed E-state index contributed by atoms with van der Waals surface area (Å²) in [5.74, 6) is 0.626. The number of rotatable bonds is 2. The average molecular weight is 428 g/mol. The molecule has 2 aromatic heterocycles. The van der Waals surface area contributed by atoms with Crippen molar-refractivity contribution in [2.45, 2.75) is 64.0 Å². The minimum absolute atomic E-state index is 0.0166. The van der Waals surface area contributed by atoms with Crippen LogP contribution in [0.5, 0.6) is 0 Å². The fraction of sp³-hybridized carbons (Fsp3) is 0.588. The van der Waals surface area contributed by atoms with Crippen LogP contribution >= 0.6 is 27.3 Å². The van der Waals surface area contributed by atoms with Crippen LogP contribution in [0.1, 0.15) is 58.2 Å². The van der Waals surface area contributed by atoms with Crippen LogP contribution < -0.4 is 10.9 Å². The summed E-state index contributed by atoms with van der Waals surface area (Å²) >= 11 is 4.78. The van der Waals surface area contributed by atoms with E-state index in [4.69, 9.17) is 4.74 Å². The van der Waals surface area contributed by atoms with Gasteiger partial charge < -0.3 is 15.0 Å². The summed E-state index contributed by atoms with van der Waals surface area (Å²) in [7, 11) is 0. The lowest BCUT2D eigenvalue weighted by Crippen LogP contribution is -2.44. The number of aromatic nitrogens is 2. The molecule has 1 aliphatic carbocycles. The Morgan fingerprint density at radius 2 is 2.12 bits per heavy atom. The number of hydrogen-bond donors (Lipinski definition) is 2. The van der Waals surface area contributed by atoms with Crippen molar-refractivity contribution in [3.05, 3.63) is 26.0 Å². The van der Waals surface area contributed by atoms with Gasteiger partial charge in [-0.15, -0.1) is 11.3 Å². The fourth-order valence-electron chi connectivity index (χ4n) is 3.19. The number of H-pyrrole nitrogens is 1. The SMILES string of the molecule is CC(C)(C)OC(=O)N[C@@H]1CCCC[C@@H]1c1nc2cc(Br)sc2c(=O)[nH]1. The van der Waals surface area contributed by atoms with Crippen molar-refractivity contribution in [1.29, 1.82) is 0 Å². The number of amides is 1. The lowest BCUT2D eigenvalue weighted by molar-refractivity contribution is 0.0484. The minimum atomic E-state index is -0.539. The van der Waals surface area contributed by atoms with Crippen LogP contribution in [-0.4, -0.2) is 27.7 Å². The highest BCUT2D eigenvalue weighted by atomic mass is 79.9. The summed E-state index contributed by atoms with van der Waals surface area (Å²) in [6, 6.07) is 1.77. The van der Waals surface area contributed by atoms with Crippen molar-refractivity contribution in [1.82, 2.24) is 15.3 Å². The zero-order valence-corrected chi connectivity index (χ0v) is 16.9. The average Bonchev–Trinajstić information content (AvgIpc) is 2.86. The van der Waals surface area contributed by atoms with Gasteiger partial charge in [0.05, 0.1) is 9.30 Å². The van der Waals surface area contributed by atoms with Crippen LogP contribution in [-0.2, 0) is 4.74 Å². The number of hydrogen-bond acceptors (Lipinski definition) is 5. The van der Waals surface area contributed by atoms with Gasteiger partial charge in [0.15, 0.2) is 0 Å². The van der Waals surface area contributed by atoms with Crippen molar-refractivity contribution < 1.29 is 9.53 Å². The van der Waals surface area contributed by atoms with E-state index >= 15 is 0 Å². The van der Waals surface area contributed by atoms with E-state index in [1.54, 1.807) is 0 Å². The molecule has 2 heterocycles. The number of carbonyl (C=O) groups is 1. The normalized spacial score (nSPS) is 21.3. The third-order valence-corrected chi connectivity index (χ3v) is 5.82. The molecule has 136 valence electrons. The Labute approximate surface area is 158 Å². The Balaban J connectivity index is 1.86. The van der Waals surface area contributed by atoms with Gasteiger partial charge in [0.1, 0.15) is 16.1 Å². The first-order valence-electron chi connectivity index (χ1n) is 8.42. The Morgan fingerprint density at radius 1 is 1.40 bits per heavy atom. The molecule has 0 aromatic carbocycles. The van der Waals surface area contributed by atoms with Gasteiger partial charge in [-0.05, 0) is 55.6 Å². The summed E-state index contributed by atoms with van der Waals surface area (Å²) in [4.78, 5) is 32.1. The molecule has 0 bridgehead atoms. The van der Waals surface area contributed by atoms with Gasteiger partial charge >= 0.3 is 6.09 Å². The molecule has 2 N–H and O–H groups in total. The van der Waals surface area contributed by atoms with Crippen LogP contribution in [0.2, 0.25) is 0 Å². The molecule has 3 rings (SSSR count). The molecule has 1 fully saturated rings. The molecule has 8 heteroatoms. The van der Waals surface area contributed by atoms with Gasteiger partial charge in [-0.1, -0.05) is 12.8 Å². The fourth-order valence-corrected chi connectivity index (χ4v) is 4.62. The number of alkyl carbamates (subject to hydrolysis) is 1. The predicted molar refractivity (Wildman–Crippen MR) is 102 cm³/mol. The van der Waals surface area contributed by atoms with Crippen LogP contribution in [0.15, 0.2) is 14.6 Å². The highest BCUT2D eigenvalue weighted by Gasteiger charge is 2.31. The van der Waals surface area contributed by atoms with Gasteiger partial charge in [-0.3, -0.25) is 4.79 Å². The summed E-state index contributed by atoms with van der Waals surface area (Å²) in [5, 5.41) is 2.97. The smallest absolute Gasteiger partial charge is 0.407 e. The lowest BCUT2D eigenvalue weighted by Gasteiger charge is -2.32. The molecule has 1 aliphatic rings. The maximum Gasteiger partial charge on any atom is 0.407 e. The van der Waals surface area contributed by atoms with E-state index in [0.717, 1.165) is 29.5 Å². The third kappa shape index (κ3) is 4.41. The lowest BCUT2D eigenvalue weighted by atomic mass is 9.84. The molecule has 0 radical (unpaired) electrons. The second-order valence-electron chi connectivity index (χ2n) is 7.36. The van der Waals surface area contributed by atoms with Crippen molar-refractivity contribution in [2.75, 3.05) is 0 Å². The number of ether oxygens (including phenoxy) is 1. The molecular formula is C17H22BrN3O3S. The van der Waals surface area contributed by atoms with Crippen molar-refractivity contribution in [2.24, 2.45) is 0 Å². The first-order valence-corrected chi connectivity index (χ1v) is 10.0. The zero-order valence-electron chi connectivity index (χ0n) is 14.5. The quantitative estimate of drug-likeness (QED) is 0.747. The number of thiophene rings is 1. The summed E-state index contributed by atoms with van der Waals surface area (Å²) < 4.78 is 6.87. The molecule has 1 saturated carbocycles. The van der Waals surface area contributed by atoms with E-state index in [2.05, 4.69) is 31.2 Å². The number of nitrogens with zero attached hydrogens (tertiary/aromatic N) is 1. The maximum absolute atomic E-state index is 12.4. The Bertz CT molecular complexity index is 840. The van der Waals surface area contributed by atoms with E-state index in [9.17, 15) is 9.59 Å². The molecular weight excluding hydrogens is 406 g/mol. The monoisotopic (exact) mass is 427 g/mol. The predicted octanol–water partition coefficient (Wildman–Crippen LogP) is 4.30. The van der Waals surface area contributed by atoms with Gasteiger partial charge in [0.25, 0.3) is 5.56 Å². The van der Waals surface area contributed by atoms with E-state index < -0.39 is 11.7 Å². The summed E-state index contributed by atoms with van der Waals surface area (Å²) in [6.07, 6.45) is 3.38. The molecule has 25 heavy (non-hydrogen) atoms. The third-order valence-electron chi connectivity index (χ3n) is 4.19. The van der Waals surface area contributed by atoms with E-state index in [1.807, 2.05) is 26.8 Å². The summed E-state index contributed by atoms with van der Waals surface area (Å²) in [6.45, 7) is 5.52. The molecule has 6 nitrogen and oxygen atoms in total. The first-order chi connectivity index (χ1) is 11.7. The number of nitrogens with one attached hydrogen (secondary N) is 2. The van der Waals surface area contributed by atoms with E-state index in [1.165, 1.54) is 11.3 Å². The van der Waals surface area contributed by atoms with Crippen molar-refractivity contribution >= 4 is 43.6 Å². The van der Waals surface area contributed by atoms with Gasteiger partial charge in [-0.2, -0.15) is 0 Å². The van der Waals surface area contributed by atoms with E-state index in [0.29, 0.717) is 16.0 Å². The minimum Gasteiger partial charge on any atom is -0.444 e. The molecule has 0 aliphatic heterocycles.